The molecule has 0 aromatic carbocycles. The topological polar surface area (TPSA) is 43.7 Å². The molecule has 2 N–H and O–H groups in total. The molecule has 3 nitrogen and oxygen atoms in total. The maximum absolute atomic E-state index is 10.7. The lowest BCUT2D eigenvalue weighted by Crippen LogP contribution is -2.60. The first-order valence-electron chi connectivity index (χ1n) is 11.4. The van der Waals surface area contributed by atoms with Crippen molar-refractivity contribution in [1.29, 1.82) is 0 Å². The highest BCUT2D eigenvalue weighted by Crippen LogP contribution is 2.36. The van der Waals surface area contributed by atoms with E-state index in [2.05, 4.69) is 0 Å². The Morgan fingerprint density at radius 3 is 2.17 bits per heavy atom. The third kappa shape index (κ3) is 1.63. The zero-order valence-electron chi connectivity index (χ0n) is 22.8. The third-order valence-electron chi connectivity index (χ3n) is 1.23. The minimum Gasteiger partial charge on any atom is -0.393 e. The fraction of sp³-hybridized carbons (Fsp3) is 1.00. The number of piperidine rings is 1. The number of rotatable bonds is 0. The molecule has 12 heavy (non-hydrogen) atoms. The van der Waals surface area contributed by atoms with E-state index in [4.69, 9.17) is 23.3 Å². The van der Waals surface area contributed by atoms with Gasteiger partial charge in [0.05, 0.1) is 7.45 Å². The Hall–Kier alpha value is -0.120. The molecule has 1 saturated heterocycles. The van der Waals surface area contributed by atoms with Gasteiger partial charge < -0.3 is 10.3 Å². The SMILES string of the molecule is [2H]C([2H])([2H])C1(C([2H])([2H])[2H])N(O)C(C([2H])([2H])[2H])(C([2H])([2H])[2H])C([2H])([2H])C([2H])(O)C1([2H])[2H]. The summed E-state index contributed by atoms with van der Waals surface area (Å²) in [5.74, 6) is 0. The Balaban J connectivity index is 4.52. The summed E-state index contributed by atoms with van der Waals surface area (Å²) in [5, 5.41) is 19.8. The van der Waals surface area contributed by atoms with Crippen LogP contribution >= 0.6 is 0 Å². The summed E-state index contributed by atoms with van der Waals surface area (Å²) < 4.78 is 130. The zero-order chi connectivity index (χ0) is 24.1. The van der Waals surface area contributed by atoms with Crippen LogP contribution in [0.4, 0.5) is 0 Å². The molecule has 0 aromatic rings. The van der Waals surface area contributed by atoms with Crippen LogP contribution in [0, 0.1) is 0 Å². The molecule has 1 aliphatic heterocycles. The summed E-state index contributed by atoms with van der Waals surface area (Å²) in [6.07, 6.45) is -13.5. The van der Waals surface area contributed by atoms with Crippen LogP contribution in [0.1, 0.15) is 63.5 Å². The van der Waals surface area contributed by atoms with Gasteiger partial charge in [-0.15, -0.1) is 0 Å². The minimum atomic E-state index is -4.58. The normalized spacial score (nSPS) is 66.7. The van der Waals surface area contributed by atoms with Gasteiger partial charge in [-0.2, -0.15) is 5.06 Å². The van der Waals surface area contributed by atoms with Crippen molar-refractivity contribution in [2.75, 3.05) is 0 Å². The van der Waals surface area contributed by atoms with Gasteiger partial charge in [0.2, 0.25) is 0 Å². The smallest absolute Gasteiger partial charge is 0.0602 e. The third-order valence-corrected chi connectivity index (χ3v) is 1.23. The molecular weight excluding hydrogens is 154 g/mol. The summed E-state index contributed by atoms with van der Waals surface area (Å²) in [6.45, 7) is -17.2. The highest BCUT2D eigenvalue weighted by Gasteiger charge is 2.44. The van der Waals surface area contributed by atoms with Crippen molar-refractivity contribution >= 4 is 0 Å². The maximum atomic E-state index is 10.7. The van der Waals surface area contributed by atoms with Gasteiger partial charge in [0, 0.05) is 33.0 Å². The number of hydrogen-bond acceptors (Lipinski definition) is 3. The van der Waals surface area contributed by atoms with Crippen molar-refractivity contribution in [1.82, 2.24) is 5.06 Å². The predicted octanol–water partition coefficient (Wildman–Crippen LogP) is 1.39. The van der Waals surface area contributed by atoms with Gasteiger partial charge in [-0.05, 0) is 40.2 Å². The highest BCUT2D eigenvalue weighted by atomic mass is 16.5. The van der Waals surface area contributed by atoms with E-state index in [1.807, 2.05) is 0 Å². The van der Waals surface area contributed by atoms with Gasteiger partial charge in [0.25, 0.3) is 0 Å². The van der Waals surface area contributed by atoms with Crippen molar-refractivity contribution in [3.8, 4) is 0 Å². The monoisotopic (exact) mass is 190 g/mol. The van der Waals surface area contributed by atoms with Gasteiger partial charge in [0.15, 0.2) is 0 Å². The van der Waals surface area contributed by atoms with Crippen LogP contribution in [0.5, 0.6) is 0 Å². The van der Waals surface area contributed by atoms with Crippen molar-refractivity contribution in [2.24, 2.45) is 0 Å². The predicted molar refractivity (Wildman–Crippen MR) is 47.0 cm³/mol. The van der Waals surface area contributed by atoms with Gasteiger partial charge in [-0.1, -0.05) is 0 Å². The van der Waals surface area contributed by atoms with Crippen molar-refractivity contribution in [2.45, 2.75) is 57.3 Å². The number of hydrogen-bond donors (Lipinski definition) is 2. The number of nitrogens with zero attached hydrogens (tertiary/aromatic N) is 1. The van der Waals surface area contributed by atoms with Crippen LogP contribution in [0.3, 0.4) is 0 Å². The Morgan fingerprint density at radius 2 is 1.83 bits per heavy atom. The molecule has 0 radical (unpaired) electrons. The first kappa shape index (κ1) is 1.69. The van der Waals surface area contributed by atoms with Gasteiger partial charge >= 0.3 is 0 Å². The summed E-state index contributed by atoms with van der Waals surface area (Å²) in [6, 6.07) is 0. The van der Waals surface area contributed by atoms with Crippen LogP contribution in [0.2, 0.25) is 0 Å². The summed E-state index contributed by atoms with van der Waals surface area (Å²) in [5.41, 5.74) is -9.06. The lowest BCUT2D eigenvalue weighted by atomic mass is 9.80. The quantitative estimate of drug-likeness (QED) is 0.607. The van der Waals surface area contributed by atoms with Gasteiger partial charge in [-0.3, -0.25) is 0 Å². The second kappa shape index (κ2) is 2.69. The van der Waals surface area contributed by atoms with Crippen molar-refractivity contribution in [3.05, 3.63) is 0 Å². The molecule has 0 unspecified atom stereocenters. The molecule has 0 spiro atoms. The van der Waals surface area contributed by atoms with E-state index in [-0.39, 0.29) is 0 Å². The number of hydroxylamine groups is 2. The number of aliphatic hydroxyl groups is 1. The first-order valence-corrected chi connectivity index (χ1v) is 2.87. The van der Waals surface area contributed by atoms with Crippen LogP contribution in [-0.2, 0) is 0 Å². The molecular formula is C9H19NO2. The van der Waals surface area contributed by atoms with Crippen LogP contribution in [-0.4, -0.2) is 32.5 Å². The van der Waals surface area contributed by atoms with Crippen molar-refractivity contribution < 1.29 is 33.6 Å². The molecule has 0 aromatic heterocycles. The molecule has 0 amide bonds. The van der Waals surface area contributed by atoms with Gasteiger partial charge in [0.1, 0.15) is 0 Å². The van der Waals surface area contributed by atoms with E-state index in [0.29, 0.717) is 0 Å². The summed E-state index contributed by atoms with van der Waals surface area (Å²) in [4.78, 5) is 0. The zero-order valence-corrected chi connectivity index (χ0v) is 5.84. The van der Waals surface area contributed by atoms with E-state index in [1.165, 1.54) is 0 Å². The Morgan fingerprint density at radius 1 is 1.42 bits per heavy atom. The summed E-state index contributed by atoms with van der Waals surface area (Å²) >= 11 is 0. The minimum absolute atomic E-state index is 1.36. The molecule has 1 fully saturated rings. The summed E-state index contributed by atoms with van der Waals surface area (Å²) in [7, 11) is 0. The first-order chi connectivity index (χ1) is 12.2. The van der Waals surface area contributed by atoms with E-state index in [9.17, 15) is 10.3 Å². The second-order valence-electron chi connectivity index (χ2n) is 2.33. The molecule has 3 heteroatoms. The fourth-order valence-corrected chi connectivity index (χ4v) is 0.731. The highest BCUT2D eigenvalue weighted by molar-refractivity contribution is 4.95. The molecule has 1 rings (SSSR count). The Bertz CT molecular complexity index is 570. The second-order valence-corrected chi connectivity index (χ2v) is 2.33. The van der Waals surface area contributed by atoms with E-state index in [0.717, 1.165) is 0 Å². The van der Waals surface area contributed by atoms with Gasteiger partial charge in [-0.25, -0.2) is 0 Å². The molecule has 72 valence electrons. The molecule has 1 aliphatic rings. The fourth-order valence-electron chi connectivity index (χ4n) is 0.731. The molecule has 0 bridgehead atoms. The molecule has 0 saturated carbocycles. The lowest BCUT2D eigenvalue weighted by molar-refractivity contribution is -0.257. The molecule has 0 aliphatic carbocycles. The molecule has 1 heterocycles. The Kier molecular flexibility index (Phi) is 0.378. The largest absolute Gasteiger partial charge is 0.393 e. The standard InChI is InChI=1S/C9H19NO2/c1-8(2)5-7(11)6-9(3,4)10(8)12/h7,11-12H,5-6H2,1-4H3/i1D3,2D3,3D3,4D3,5D2,6D2,7D. The van der Waals surface area contributed by atoms with E-state index < -0.39 is 62.4 Å². The Labute approximate surface area is 97.8 Å². The average molecular weight is 190 g/mol. The van der Waals surface area contributed by atoms with Crippen LogP contribution in [0.25, 0.3) is 0 Å². The van der Waals surface area contributed by atoms with E-state index in [1.54, 1.807) is 0 Å². The molecule has 0 atom stereocenters. The average Bonchev–Trinajstić information content (AvgIpc) is 2.29. The van der Waals surface area contributed by atoms with Crippen LogP contribution in [0.15, 0.2) is 0 Å². The lowest BCUT2D eigenvalue weighted by Gasteiger charge is -2.50. The van der Waals surface area contributed by atoms with Crippen molar-refractivity contribution in [3.63, 3.8) is 0 Å². The van der Waals surface area contributed by atoms with Crippen LogP contribution < -0.4 is 0 Å². The maximum Gasteiger partial charge on any atom is 0.0602 e. The van der Waals surface area contributed by atoms with E-state index >= 15 is 0 Å².